The van der Waals surface area contributed by atoms with Gasteiger partial charge in [-0.25, -0.2) is 9.98 Å². The molecule has 0 unspecified atom stereocenters. The summed E-state index contributed by atoms with van der Waals surface area (Å²) in [6.45, 7) is 3.48. The van der Waals surface area contributed by atoms with Crippen molar-refractivity contribution < 1.29 is 0 Å². The number of anilines is 1. The lowest BCUT2D eigenvalue weighted by atomic mass is 10.5. The van der Waals surface area contributed by atoms with Crippen molar-refractivity contribution in [3.05, 3.63) is 11.1 Å². The molecule has 0 saturated carbocycles. The molecule has 1 aromatic rings. The van der Waals surface area contributed by atoms with Crippen LogP contribution in [0.1, 0.15) is 19.0 Å². The van der Waals surface area contributed by atoms with E-state index in [0.717, 1.165) is 23.8 Å². The number of nitrogens with two attached hydrogens (primary N) is 1. The summed E-state index contributed by atoms with van der Waals surface area (Å²) in [5.74, 6) is 0.487. The Morgan fingerprint density at radius 3 is 2.94 bits per heavy atom. The highest BCUT2D eigenvalue weighted by atomic mass is 32.1. The third kappa shape index (κ3) is 4.06. The van der Waals surface area contributed by atoms with Crippen LogP contribution in [-0.4, -0.2) is 31.6 Å². The van der Waals surface area contributed by atoms with Gasteiger partial charge in [0.2, 0.25) is 0 Å². The van der Waals surface area contributed by atoms with Gasteiger partial charge < -0.3 is 16.0 Å². The van der Waals surface area contributed by atoms with E-state index in [1.54, 1.807) is 11.3 Å². The fourth-order valence-electron chi connectivity index (χ4n) is 1.05. The predicted molar refractivity (Wildman–Crippen MR) is 70.1 cm³/mol. The average molecular weight is 241 g/mol. The second kappa shape index (κ2) is 6.32. The first kappa shape index (κ1) is 12.8. The van der Waals surface area contributed by atoms with E-state index in [9.17, 15) is 0 Å². The number of thiazole rings is 1. The predicted octanol–water partition coefficient (Wildman–Crippen LogP) is 1.02. The van der Waals surface area contributed by atoms with Crippen LogP contribution in [0.3, 0.4) is 0 Å². The zero-order valence-electron chi connectivity index (χ0n) is 10.0. The van der Waals surface area contributed by atoms with Crippen LogP contribution in [0.5, 0.6) is 0 Å². The van der Waals surface area contributed by atoms with Crippen LogP contribution in [0, 0.1) is 0 Å². The van der Waals surface area contributed by atoms with Crippen LogP contribution in [0.15, 0.2) is 10.4 Å². The fraction of sp³-hybridized carbons (Fsp3) is 0.600. The Kier molecular flexibility index (Phi) is 5.04. The van der Waals surface area contributed by atoms with Gasteiger partial charge in [0.15, 0.2) is 11.1 Å². The van der Waals surface area contributed by atoms with E-state index in [4.69, 9.17) is 5.73 Å². The first-order chi connectivity index (χ1) is 7.63. The topological polar surface area (TPSA) is 66.5 Å². The summed E-state index contributed by atoms with van der Waals surface area (Å²) in [6.07, 6.45) is 1.04. The van der Waals surface area contributed by atoms with Crippen LogP contribution in [0.2, 0.25) is 0 Å². The van der Waals surface area contributed by atoms with Crippen molar-refractivity contribution in [3.8, 4) is 0 Å². The molecule has 0 spiro atoms. The Hall–Kier alpha value is -1.30. The first-order valence-corrected chi connectivity index (χ1v) is 6.17. The second-order valence-electron chi connectivity index (χ2n) is 3.64. The Balaban J connectivity index is 2.47. The molecule has 3 N–H and O–H groups in total. The van der Waals surface area contributed by atoms with Crippen LogP contribution in [-0.2, 0) is 6.54 Å². The maximum Gasteiger partial charge on any atom is 0.188 e. The molecule has 0 aromatic carbocycles. The molecule has 0 amide bonds. The van der Waals surface area contributed by atoms with Gasteiger partial charge in [0.1, 0.15) is 0 Å². The molecule has 16 heavy (non-hydrogen) atoms. The first-order valence-electron chi connectivity index (χ1n) is 5.29. The number of nitrogens with zero attached hydrogens (tertiary/aromatic N) is 3. The van der Waals surface area contributed by atoms with Gasteiger partial charge in [0.25, 0.3) is 0 Å². The highest BCUT2D eigenvalue weighted by molar-refractivity contribution is 7.13. The molecule has 90 valence electrons. The average Bonchev–Trinajstić information content (AvgIpc) is 2.72. The third-order valence-corrected chi connectivity index (χ3v) is 2.95. The van der Waals surface area contributed by atoms with E-state index in [1.165, 1.54) is 0 Å². The molecular formula is C10H19N5S. The highest BCUT2D eigenvalue weighted by Crippen LogP contribution is 2.18. The van der Waals surface area contributed by atoms with Crippen LogP contribution in [0.25, 0.3) is 0 Å². The molecule has 0 aliphatic heterocycles. The molecule has 1 rings (SSSR count). The number of hydrogen-bond donors (Lipinski definition) is 2. The summed E-state index contributed by atoms with van der Waals surface area (Å²) in [4.78, 5) is 10.6. The van der Waals surface area contributed by atoms with Gasteiger partial charge in [-0.3, -0.25) is 0 Å². The van der Waals surface area contributed by atoms with Gasteiger partial charge in [0.05, 0.1) is 12.2 Å². The quantitative estimate of drug-likeness (QED) is 0.597. The van der Waals surface area contributed by atoms with E-state index < -0.39 is 0 Å². The molecule has 0 aliphatic rings. The minimum absolute atomic E-state index is 0.487. The number of nitrogens with one attached hydrogen (secondary N) is 1. The van der Waals surface area contributed by atoms with Gasteiger partial charge in [-0.05, 0) is 6.42 Å². The van der Waals surface area contributed by atoms with Crippen molar-refractivity contribution in [2.24, 2.45) is 10.7 Å². The van der Waals surface area contributed by atoms with Crippen LogP contribution < -0.4 is 16.0 Å². The second-order valence-corrected chi connectivity index (χ2v) is 4.48. The van der Waals surface area contributed by atoms with Gasteiger partial charge in [-0.15, -0.1) is 11.3 Å². The molecule has 0 fully saturated rings. The lowest BCUT2D eigenvalue weighted by Gasteiger charge is -2.05. The fourth-order valence-corrected chi connectivity index (χ4v) is 1.80. The number of hydrogen-bond acceptors (Lipinski definition) is 4. The molecule has 6 heteroatoms. The standard InChI is InChI=1S/C10H19N5S/c1-4-5-12-9(11)13-6-8-7-16-10(14-8)15(2)3/h7H,4-6H2,1-3H3,(H3,11,12,13). The maximum atomic E-state index is 5.68. The molecule has 0 bridgehead atoms. The minimum atomic E-state index is 0.487. The Bertz CT molecular complexity index is 345. The molecule has 1 heterocycles. The normalized spacial score (nSPS) is 11.6. The summed E-state index contributed by atoms with van der Waals surface area (Å²) < 4.78 is 0. The summed E-state index contributed by atoms with van der Waals surface area (Å²) in [6, 6.07) is 0. The van der Waals surface area contributed by atoms with Gasteiger partial charge in [-0.2, -0.15) is 0 Å². The number of aromatic nitrogens is 1. The zero-order valence-corrected chi connectivity index (χ0v) is 10.8. The smallest absolute Gasteiger partial charge is 0.188 e. The SMILES string of the molecule is CCCNC(N)=NCc1csc(N(C)C)n1. The van der Waals surface area contributed by atoms with Crippen molar-refractivity contribution in [1.82, 2.24) is 10.3 Å². The molecule has 0 saturated heterocycles. The molecular weight excluding hydrogens is 222 g/mol. The minimum Gasteiger partial charge on any atom is -0.370 e. The lowest BCUT2D eigenvalue weighted by Crippen LogP contribution is -2.32. The van der Waals surface area contributed by atoms with Crippen molar-refractivity contribution in [1.29, 1.82) is 0 Å². The Morgan fingerprint density at radius 2 is 2.38 bits per heavy atom. The van der Waals surface area contributed by atoms with E-state index in [-0.39, 0.29) is 0 Å². The molecule has 0 atom stereocenters. The Morgan fingerprint density at radius 1 is 1.62 bits per heavy atom. The maximum absolute atomic E-state index is 5.68. The Labute approximate surface area is 100 Å². The largest absolute Gasteiger partial charge is 0.370 e. The summed E-state index contributed by atoms with van der Waals surface area (Å²) >= 11 is 1.61. The van der Waals surface area contributed by atoms with E-state index in [1.807, 2.05) is 24.4 Å². The highest BCUT2D eigenvalue weighted by Gasteiger charge is 2.02. The van der Waals surface area contributed by atoms with Crippen molar-refractivity contribution in [3.63, 3.8) is 0 Å². The van der Waals surface area contributed by atoms with E-state index in [2.05, 4.69) is 22.2 Å². The molecule has 5 nitrogen and oxygen atoms in total. The van der Waals surface area contributed by atoms with Crippen molar-refractivity contribution in [2.75, 3.05) is 25.5 Å². The monoisotopic (exact) mass is 241 g/mol. The number of rotatable bonds is 5. The molecule has 0 aliphatic carbocycles. The van der Waals surface area contributed by atoms with Gasteiger partial charge in [-0.1, -0.05) is 6.92 Å². The molecule has 0 radical (unpaired) electrons. The molecule has 1 aromatic heterocycles. The lowest BCUT2D eigenvalue weighted by molar-refractivity contribution is 0.823. The van der Waals surface area contributed by atoms with E-state index in [0.29, 0.717) is 12.5 Å². The zero-order chi connectivity index (χ0) is 12.0. The number of guanidine groups is 1. The summed E-state index contributed by atoms with van der Waals surface area (Å²) in [7, 11) is 3.95. The van der Waals surface area contributed by atoms with Crippen LogP contribution in [0.4, 0.5) is 5.13 Å². The summed E-state index contributed by atoms with van der Waals surface area (Å²) in [5.41, 5.74) is 6.63. The third-order valence-electron chi connectivity index (χ3n) is 1.89. The summed E-state index contributed by atoms with van der Waals surface area (Å²) in [5, 5.41) is 6.02. The van der Waals surface area contributed by atoms with Gasteiger partial charge >= 0.3 is 0 Å². The van der Waals surface area contributed by atoms with E-state index >= 15 is 0 Å². The van der Waals surface area contributed by atoms with Crippen LogP contribution >= 0.6 is 11.3 Å². The number of aliphatic imine (C=N–C) groups is 1. The van der Waals surface area contributed by atoms with Gasteiger partial charge in [0, 0.05) is 26.0 Å². The van der Waals surface area contributed by atoms with Crippen molar-refractivity contribution >= 4 is 22.4 Å². The van der Waals surface area contributed by atoms with Crippen molar-refractivity contribution in [2.45, 2.75) is 19.9 Å².